The van der Waals surface area contributed by atoms with Crippen LogP contribution in [-0.2, 0) is 6.54 Å². The third kappa shape index (κ3) is 2.85. The van der Waals surface area contributed by atoms with Crippen molar-refractivity contribution in [1.29, 1.82) is 0 Å². The van der Waals surface area contributed by atoms with Crippen molar-refractivity contribution in [2.45, 2.75) is 37.9 Å². The molecule has 122 valence electrons. The first-order valence-electron chi connectivity index (χ1n) is 8.46. The van der Waals surface area contributed by atoms with Gasteiger partial charge in [0.15, 0.2) is 0 Å². The molecule has 2 aromatic rings. The first kappa shape index (κ1) is 15.1. The van der Waals surface area contributed by atoms with Crippen LogP contribution in [0.15, 0.2) is 60.7 Å². The van der Waals surface area contributed by atoms with Crippen molar-refractivity contribution >= 4 is 11.3 Å². The van der Waals surface area contributed by atoms with E-state index in [1.165, 1.54) is 24.0 Å². The van der Waals surface area contributed by atoms with Crippen LogP contribution < -0.4 is 0 Å². The highest BCUT2D eigenvalue weighted by Crippen LogP contribution is 2.39. The van der Waals surface area contributed by atoms with Crippen molar-refractivity contribution in [3.05, 3.63) is 81.9 Å². The third-order valence-electron chi connectivity index (χ3n) is 5.18. The smallest absolute Gasteiger partial charge is 0.270 e. The van der Waals surface area contributed by atoms with Gasteiger partial charge in [0.05, 0.1) is 4.92 Å². The van der Waals surface area contributed by atoms with Crippen LogP contribution in [0.4, 0.5) is 5.69 Å². The molecule has 0 N–H and O–H groups in total. The molecular formula is C20H20N2O2. The maximum atomic E-state index is 11.0. The van der Waals surface area contributed by atoms with Gasteiger partial charge in [0.1, 0.15) is 0 Å². The lowest BCUT2D eigenvalue weighted by Crippen LogP contribution is -2.37. The topological polar surface area (TPSA) is 46.4 Å². The number of hydrogen-bond acceptors (Lipinski definition) is 3. The van der Waals surface area contributed by atoms with Gasteiger partial charge in [0.2, 0.25) is 0 Å². The molecule has 2 aromatic carbocycles. The van der Waals surface area contributed by atoms with Gasteiger partial charge in [-0.05, 0) is 36.0 Å². The zero-order valence-corrected chi connectivity index (χ0v) is 13.5. The Morgan fingerprint density at radius 1 is 1.08 bits per heavy atom. The number of nitrogens with zero attached hydrogens (tertiary/aromatic N) is 2. The van der Waals surface area contributed by atoms with E-state index in [1.54, 1.807) is 18.2 Å². The fourth-order valence-electron chi connectivity index (χ4n) is 3.99. The molecule has 2 unspecified atom stereocenters. The lowest BCUT2D eigenvalue weighted by Gasteiger charge is -2.34. The predicted octanol–water partition coefficient (Wildman–Crippen LogP) is 4.42. The molecule has 4 heteroatoms. The second-order valence-corrected chi connectivity index (χ2v) is 6.66. The zero-order valence-electron chi connectivity index (χ0n) is 13.5. The molecule has 4 nitrogen and oxygen atoms in total. The summed E-state index contributed by atoms with van der Waals surface area (Å²) in [7, 11) is 0. The van der Waals surface area contributed by atoms with Gasteiger partial charge in [-0.1, -0.05) is 48.5 Å². The monoisotopic (exact) mass is 320 g/mol. The van der Waals surface area contributed by atoms with Gasteiger partial charge in [0, 0.05) is 30.8 Å². The average molecular weight is 320 g/mol. The Balaban J connectivity index is 1.58. The molecule has 1 saturated heterocycles. The Kier molecular flexibility index (Phi) is 3.90. The highest BCUT2D eigenvalue weighted by atomic mass is 16.6. The van der Waals surface area contributed by atoms with Gasteiger partial charge < -0.3 is 0 Å². The van der Waals surface area contributed by atoms with Crippen molar-refractivity contribution in [1.82, 2.24) is 4.90 Å². The summed E-state index contributed by atoms with van der Waals surface area (Å²) in [4.78, 5) is 13.3. The van der Waals surface area contributed by atoms with Crippen LogP contribution in [0.25, 0.3) is 5.57 Å². The quantitative estimate of drug-likeness (QED) is 0.619. The van der Waals surface area contributed by atoms with Crippen LogP contribution in [-0.4, -0.2) is 21.9 Å². The maximum absolute atomic E-state index is 11.0. The Labute approximate surface area is 141 Å². The number of nitro benzene ring substituents is 1. The van der Waals surface area contributed by atoms with Gasteiger partial charge >= 0.3 is 0 Å². The molecule has 2 bridgehead atoms. The lowest BCUT2D eigenvalue weighted by atomic mass is 9.94. The summed E-state index contributed by atoms with van der Waals surface area (Å²) < 4.78 is 0. The minimum atomic E-state index is -0.316. The Hall–Kier alpha value is -2.46. The van der Waals surface area contributed by atoms with Crippen LogP contribution in [0.2, 0.25) is 0 Å². The van der Waals surface area contributed by atoms with Gasteiger partial charge in [-0.25, -0.2) is 0 Å². The van der Waals surface area contributed by atoms with E-state index >= 15 is 0 Å². The molecule has 2 aliphatic rings. The fraction of sp³-hybridized carbons (Fsp3) is 0.300. The molecule has 0 saturated carbocycles. The van der Waals surface area contributed by atoms with Gasteiger partial charge in [-0.3, -0.25) is 15.0 Å². The van der Waals surface area contributed by atoms with E-state index in [4.69, 9.17) is 0 Å². The van der Waals surface area contributed by atoms with Crippen molar-refractivity contribution in [3.63, 3.8) is 0 Å². The highest BCUT2D eigenvalue weighted by Gasteiger charge is 2.36. The molecule has 0 aromatic heterocycles. The summed E-state index contributed by atoms with van der Waals surface area (Å²) in [6, 6.07) is 18.6. The SMILES string of the molecule is O=[N+]([O-])c1cccc(C2=CC3CCC(C2)N3Cc2ccccc2)c1. The number of hydrogen-bond donors (Lipinski definition) is 0. The van der Waals surface area contributed by atoms with Gasteiger partial charge in [0.25, 0.3) is 5.69 Å². The van der Waals surface area contributed by atoms with E-state index in [2.05, 4.69) is 41.3 Å². The summed E-state index contributed by atoms with van der Waals surface area (Å²) in [5.41, 5.74) is 3.78. The predicted molar refractivity (Wildman–Crippen MR) is 94.5 cm³/mol. The van der Waals surface area contributed by atoms with Crippen LogP contribution in [0, 0.1) is 10.1 Å². The Morgan fingerprint density at radius 3 is 2.67 bits per heavy atom. The molecular weight excluding hydrogens is 300 g/mol. The molecule has 0 amide bonds. The molecule has 2 aliphatic heterocycles. The molecule has 24 heavy (non-hydrogen) atoms. The summed E-state index contributed by atoms with van der Waals surface area (Å²) in [5, 5.41) is 11.0. The van der Waals surface area contributed by atoms with Crippen molar-refractivity contribution in [2.24, 2.45) is 0 Å². The minimum absolute atomic E-state index is 0.174. The number of fused-ring (bicyclic) bond motifs is 2. The van der Waals surface area contributed by atoms with E-state index < -0.39 is 0 Å². The number of nitro groups is 1. The molecule has 0 aliphatic carbocycles. The highest BCUT2D eigenvalue weighted by molar-refractivity contribution is 5.69. The van der Waals surface area contributed by atoms with Crippen LogP contribution in [0.3, 0.4) is 0 Å². The number of non-ortho nitro benzene ring substituents is 1. The molecule has 0 radical (unpaired) electrons. The van der Waals surface area contributed by atoms with Crippen molar-refractivity contribution in [3.8, 4) is 0 Å². The second-order valence-electron chi connectivity index (χ2n) is 6.66. The van der Waals surface area contributed by atoms with E-state index in [0.717, 1.165) is 18.5 Å². The lowest BCUT2D eigenvalue weighted by molar-refractivity contribution is -0.384. The normalized spacial score (nSPS) is 23.1. The first-order valence-corrected chi connectivity index (χ1v) is 8.46. The fourth-order valence-corrected chi connectivity index (χ4v) is 3.99. The number of rotatable bonds is 4. The molecule has 0 spiro atoms. The van der Waals surface area contributed by atoms with E-state index in [-0.39, 0.29) is 10.6 Å². The number of benzene rings is 2. The summed E-state index contributed by atoms with van der Waals surface area (Å²) >= 11 is 0. The standard InChI is InChI=1S/C20H20N2O2/c23-22(24)20-8-4-7-16(11-20)17-12-18-9-10-19(13-17)21(18)14-15-5-2-1-3-6-15/h1-8,11-12,18-19H,9-10,13-14H2. The van der Waals surface area contributed by atoms with Crippen LogP contribution >= 0.6 is 0 Å². The van der Waals surface area contributed by atoms with E-state index in [0.29, 0.717) is 12.1 Å². The van der Waals surface area contributed by atoms with Crippen LogP contribution in [0.5, 0.6) is 0 Å². The van der Waals surface area contributed by atoms with E-state index in [9.17, 15) is 10.1 Å². The van der Waals surface area contributed by atoms with Gasteiger partial charge in [-0.2, -0.15) is 0 Å². The molecule has 2 atom stereocenters. The Morgan fingerprint density at radius 2 is 1.92 bits per heavy atom. The Bertz CT molecular complexity index is 785. The largest absolute Gasteiger partial charge is 0.289 e. The summed E-state index contributed by atoms with van der Waals surface area (Å²) in [6.07, 6.45) is 5.68. The van der Waals surface area contributed by atoms with E-state index in [1.807, 2.05) is 6.07 Å². The zero-order chi connectivity index (χ0) is 16.5. The van der Waals surface area contributed by atoms with Gasteiger partial charge in [-0.15, -0.1) is 0 Å². The summed E-state index contributed by atoms with van der Waals surface area (Å²) in [6.45, 7) is 0.981. The molecule has 1 fully saturated rings. The molecule has 4 rings (SSSR count). The minimum Gasteiger partial charge on any atom is -0.289 e. The third-order valence-corrected chi connectivity index (χ3v) is 5.18. The van der Waals surface area contributed by atoms with Crippen LogP contribution in [0.1, 0.15) is 30.4 Å². The van der Waals surface area contributed by atoms with Crippen molar-refractivity contribution < 1.29 is 4.92 Å². The first-order chi connectivity index (χ1) is 11.7. The average Bonchev–Trinajstić information content (AvgIpc) is 2.84. The van der Waals surface area contributed by atoms with Crippen molar-refractivity contribution in [2.75, 3.05) is 0 Å². The second kappa shape index (κ2) is 6.21. The summed E-state index contributed by atoms with van der Waals surface area (Å²) in [5.74, 6) is 0. The maximum Gasteiger partial charge on any atom is 0.270 e. The molecule has 2 heterocycles.